The number of nitrogens with one attached hydrogen (secondary N) is 1. The van der Waals surface area contributed by atoms with E-state index in [1.54, 1.807) is 24.1 Å². The van der Waals surface area contributed by atoms with Crippen molar-refractivity contribution in [1.29, 1.82) is 0 Å². The van der Waals surface area contributed by atoms with Gasteiger partial charge in [0.05, 0.1) is 5.54 Å². The monoisotopic (exact) mass is 293 g/mol. The third kappa shape index (κ3) is 3.73. The van der Waals surface area contributed by atoms with E-state index in [-0.39, 0.29) is 17.4 Å². The fourth-order valence-electron chi connectivity index (χ4n) is 3.02. The maximum Gasteiger partial charge on any atom is 0.322 e. The van der Waals surface area contributed by atoms with Gasteiger partial charge in [-0.2, -0.15) is 0 Å². The van der Waals surface area contributed by atoms with Crippen LogP contribution in [0.4, 0.5) is 14.9 Å². The minimum atomic E-state index is -0.316. The highest BCUT2D eigenvalue weighted by atomic mass is 19.1. The molecule has 2 amide bonds. The molecular formula is C16H24FN3O. The molecule has 4 nitrogen and oxygen atoms in total. The van der Waals surface area contributed by atoms with Gasteiger partial charge >= 0.3 is 6.03 Å². The molecule has 21 heavy (non-hydrogen) atoms. The number of benzene rings is 1. The number of hydrogen-bond donors (Lipinski definition) is 2. The molecule has 0 spiro atoms. The maximum absolute atomic E-state index is 12.9. The Labute approximate surface area is 125 Å². The van der Waals surface area contributed by atoms with Crippen molar-refractivity contribution in [1.82, 2.24) is 4.90 Å². The molecule has 0 radical (unpaired) electrons. The largest absolute Gasteiger partial charge is 0.328 e. The van der Waals surface area contributed by atoms with Crippen LogP contribution in [0.25, 0.3) is 0 Å². The first kappa shape index (κ1) is 15.8. The molecule has 3 N–H and O–H groups in total. The molecule has 1 fully saturated rings. The summed E-state index contributed by atoms with van der Waals surface area (Å²) < 4.78 is 12.9. The molecule has 1 aliphatic carbocycles. The predicted molar refractivity (Wildman–Crippen MR) is 82.7 cm³/mol. The first-order valence-corrected chi connectivity index (χ1v) is 7.58. The summed E-state index contributed by atoms with van der Waals surface area (Å²) in [7, 11) is 1.80. The fourth-order valence-corrected chi connectivity index (χ4v) is 3.02. The van der Waals surface area contributed by atoms with Gasteiger partial charge in [0.2, 0.25) is 0 Å². The lowest BCUT2D eigenvalue weighted by molar-refractivity contribution is 0.134. The van der Waals surface area contributed by atoms with Crippen LogP contribution < -0.4 is 11.1 Å². The molecule has 116 valence electrons. The van der Waals surface area contributed by atoms with E-state index < -0.39 is 0 Å². The first-order valence-electron chi connectivity index (χ1n) is 7.58. The molecule has 0 aromatic heterocycles. The van der Waals surface area contributed by atoms with Crippen LogP contribution in [0.1, 0.15) is 38.5 Å². The lowest BCUT2D eigenvalue weighted by Gasteiger charge is -2.40. The molecule has 1 saturated carbocycles. The highest BCUT2D eigenvalue weighted by molar-refractivity contribution is 5.89. The Hall–Kier alpha value is -1.62. The van der Waals surface area contributed by atoms with E-state index in [0.717, 1.165) is 25.7 Å². The standard InChI is InChI=1S/C16H24FN3O/c1-20(16(12-18)10-4-2-3-5-11-16)15(21)19-14-8-6-13(17)7-9-14/h6-9H,2-5,10-12,18H2,1H3,(H,19,21). The van der Waals surface area contributed by atoms with Gasteiger partial charge in [0.1, 0.15) is 5.82 Å². The number of halogens is 1. The number of anilines is 1. The summed E-state index contributed by atoms with van der Waals surface area (Å²) >= 11 is 0. The summed E-state index contributed by atoms with van der Waals surface area (Å²) in [5, 5.41) is 2.81. The van der Waals surface area contributed by atoms with Gasteiger partial charge < -0.3 is 16.0 Å². The van der Waals surface area contributed by atoms with Gasteiger partial charge in [0.25, 0.3) is 0 Å². The van der Waals surface area contributed by atoms with E-state index in [0.29, 0.717) is 12.2 Å². The average molecular weight is 293 g/mol. The quantitative estimate of drug-likeness (QED) is 0.840. The van der Waals surface area contributed by atoms with Gasteiger partial charge in [-0.15, -0.1) is 0 Å². The van der Waals surface area contributed by atoms with Gasteiger partial charge in [-0.3, -0.25) is 0 Å². The first-order chi connectivity index (χ1) is 10.1. The Morgan fingerprint density at radius 1 is 1.24 bits per heavy atom. The summed E-state index contributed by atoms with van der Waals surface area (Å²) in [4.78, 5) is 14.2. The number of hydrogen-bond acceptors (Lipinski definition) is 2. The van der Waals surface area contributed by atoms with Crippen LogP contribution in [-0.4, -0.2) is 30.1 Å². The van der Waals surface area contributed by atoms with E-state index in [9.17, 15) is 9.18 Å². The predicted octanol–water partition coefficient (Wildman–Crippen LogP) is 3.34. The molecule has 0 atom stereocenters. The second kappa shape index (κ2) is 6.89. The van der Waals surface area contributed by atoms with Crippen molar-refractivity contribution in [3.63, 3.8) is 0 Å². The van der Waals surface area contributed by atoms with Gasteiger partial charge in [-0.05, 0) is 37.1 Å². The van der Waals surface area contributed by atoms with E-state index >= 15 is 0 Å². The van der Waals surface area contributed by atoms with Crippen LogP contribution in [-0.2, 0) is 0 Å². The van der Waals surface area contributed by atoms with Crippen molar-refractivity contribution in [2.75, 3.05) is 18.9 Å². The molecule has 0 unspecified atom stereocenters. The second-order valence-electron chi connectivity index (χ2n) is 5.84. The van der Waals surface area contributed by atoms with E-state index in [1.165, 1.54) is 25.0 Å². The SMILES string of the molecule is CN(C(=O)Nc1ccc(F)cc1)C1(CN)CCCCCC1. The Bertz CT molecular complexity index is 467. The van der Waals surface area contributed by atoms with E-state index in [1.807, 2.05) is 0 Å². The van der Waals surface area contributed by atoms with Crippen molar-refractivity contribution in [3.8, 4) is 0 Å². The summed E-state index contributed by atoms with van der Waals surface area (Å²) in [5.74, 6) is -0.316. The van der Waals surface area contributed by atoms with Crippen LogP contribution in [0.2, 0.25) is 0 Å². The molecule has 0 aliphatic heterocycles. The zero-order valence-corrected chi connectivity index (χ0v) is 12.6. The highest BCUT2D eigenvalue weighted by Crippen LogP contribution is 2.31. The van der Waals surface area contributed by atoms with E-state index in [4.69, 9.17) is 5.73 Å². The third-order valence-corrected chi connectivity index (χ3v) is 4.53. The Morgan fingerprint density at radius 3 is 2.33 bits per heavy atom. The van der Waals surface area contributed by atoms with E-state index in [2.05, 4.69) is 5.32 Å². The number of carbonyl (C=O) groups excluding carboxylic acids is 1. The van der Waals surface area contributed by atoms with Crippen LogP contribution in [0.5, 0.6) is 0 Å². The molecule has 0 saturated heterocycles. The lowest BCUT2D eigenvalue weighted by Crippen LogP contribution is -2.55. The number of rotatable bonds is 3. The Kier molecular flexibility index (Phi) is 5.17. The summed E-state index contributed by atoms with van der Waals surface area (Å²) in [6.07, 6.45) is 6.49. The van der Waals surface area contributed by atoms with Crippen molar-refractivity contribution in [2.24, 2.45) is 5.73 Å². The minimum absolute atomic E-state index is 0.186. The number of amides is 2. The van der Waals surface area contributed by atoms with Crippen molar-refractivity contribution >= 4 is 11.7 Å². The zero-order chi connectivity index (χ0) is 15.3. The van der Waals surface area contributed by atoms with Gasteiger partial charge in [0.15, 0.2) is 0 Å². The van der Waals surface area contributed by atoms with Crippen molar-refractivity contribution < 1.29 is 9.18 Å². The number of nitrogens with zero attached hydrogens (tertiary/aromatic N) is 1. The smallest absolute Gasteiger partial charge is 0.322 e. The van der Waals surface area contributed by atoms with Gasteiger partial charge in [-0.1, -0.05) is 25.7 Å². The van der Waals surface area contributed by atoms with Gasteiger partial charge in [-0.25, -0.2) is 9.18 Å². The Balaban J connectivity index is 2.07. The summed E-state index contributed by atoms with van der Waals surface area (Å²) in [6, 6.07) is 5.60. The normalized spacial score (nSPS) is 17.9. The zero-order valence-electron chi connectivity index (χ0n) is 12.6. The molecule has 1 aromatic carbocycles. The highest BCUT2D eigenvalue weighted by Gasteiger charge is 2.36. The second-order valence-corrected chi connectivity index (χ2v) is 5.84. The van der Waals surface area contributed by atoms with Crippen molar-refractivity contribution in [2.45, 2.75) is 44.1 Å². The van der Waals surface area contributed by atoms with Crippen LogP contribution in [0.15, 0.2) is 24.3 Å². The molecular weight excluding hydrogens is 269 g/mol. The minimum Gasteiger partial charge on any atom is -0.328 e. The van der Waals surface area contributed by atoms with Gasteiger partial charge in [0, 0.05) is 19.3 Å². The maximum atomic E-state index is 12.9. The summed E-state index contributed by atoms with van der Waals surface area (Å²) in [6.45, 7) is 0.473. The molecule has 0 bridgehead atoms. The summed E-state index contributed by atoms with van der Waals surface area (Å²) in [5.41, 5.74) is 6.32. The van der Waals surface area contributed by atoms with Crippen LogP contribution >= 0.6 is 0 Å². The molecule has 0 heterocycles. The van der Waals surface area contributed by atoms with Crippen LogP contribution in [0.3, 0.4) is 0 Å². The van der Waals surface area contributed by atoms with Crippen molar-refractivity contribution in [3.05, 3.63) is 30.1 Å². The number of likely N-dealkylation sites (N-methyl/N-ethyl adjacent to an activating group) is 1. The Morgan fingerprint density at radius 2 is 1.81 bits per heavy atom. The number of carbonyl (C=O) groups is 1. The average Bonchev–Trinajstić information content (AvgIpc) is 2.75. The topological polar surface area (TPSA) is 58.4 Å². The molecule has 5 heteroatoms. The van der Waals surface area contributed by atoms with Crippen LogP contribution in [0, 0.1) is 5.82 Å². The number of nitrogens with two attached hydrogens (primary N) is 1. The molecule has 1 aromatic rings. The lowest BCUT2D eigenvalue weighted by atomic mass is 9.89. The number of urea groups is 1. The fraction of sp³-hybridized carbons (Fsp3) is 0.562. The molecule has 1 aliphatic rings. The third-order valence-electron chi connectivity index (χ3n) is 4.53. The molecule has 2 rings (SSSR count).